The van der Waals surface area contributed by atoms with Crippen molar-refractivity contribution in [2.45, 2.75) is 90.7 Å². The highest BCUT2D eigenvalue weighted by Gasteiger charge is 2.26. The third-order valence-corrected chi connectivity index (χ3v) is 9.43. The average molecular weight is 723 g/mol. The second-order valence-electron chi connectivity index (χ2n) is 13.8. The predicted molar refractivity (Wildman–Crippen MR) is 193 cm³/mol. The first kappa shape index (κ1) is 40.1. The number of halogens is 2. The van der Waals surface area contributed by atoms with Crippen molar-refractivity contribution in [3.8, 4) is 0 Å². The lowest BCUT2D eigenvalue weighted by atomic mass is 9.92. The molecule has 52 heavy (non-hydrogen) atoms. The number of rotatable bonds is 18. The van der Waals surface area contributed by atoms with Crippen LogP contribution in [0.4, 0.5) is 8.78 Å². The highest BCUT2D eigenvalue weighted by Crippen LogP contribution is 2.23. The van der Waals surface area contributed by atoms with E-state index in [1.165, 1.54) is 6.07 Å². The number of carbonyl (C=O) groups is 4. The van der Waals surface area contributed by atoms with Crippen LogP contribution in [0.15, 0.2) is 48.9 Å². The molecule has 1 saturated heterocycles. The van der Waals surface area contributed by atoms with Gasteiger partial charge in [0.25, 0.3) is 11.8 Å². The predicted octanol–water partition coefficient (Wildman–Crippen LogP) is 4.73. The largest absolute Gasteiger partial charge is 0.391 e. The van der Waals surface area contributed by atoms with Crippen molar-refractivity contribution < 1.29 is 33.1 Å². The zero-order valence-corrected chi connectivity index (χ0v) is 30.4. The number of hydrogen-bond donors (Lipinski definition) is 4. The van der Waals surface area contributed by atoms with Crippen LogP contribution in [0, 0.1) is 24.5 Å². The minimum atomic E-state index is -1.17. The fourth-order valence-corrected chi connectivity index (χ4v) is 6.70. The van der Waals surface area contributed by atoms with Crippen molar-refractivity contribution in [2.75, 3.05) is 32.7 Å². The molecule has 0 radical (unpaired) electrons. The number of nitrogens with zero attached hydrogens (tertiary/aromatic N) is 3. The molecular formula is C39H52F2N6O5. The van der Waals surface area contributed by atoms with Crippen LogP contribution in [0.25, 0.3) is 0 Å². The maximum Gasteiger partial charge on any atom is 0.253 e. The summed E-state index contributed by atoms with van der Waals surface area (Å²) in [6.45, 7) is 8.36. The summed E-state index contributed by atoms with van der Waals surface area (Å²) in [6, 6.07) is 6.99. The van der Waals surface area contributed by atoms with E-state index in [-0.39, 0.29) is 54.7 Å². The zero-order valence-electron chi connectivity index (χ0n) is 30.4. The van der Waals surface area contributed by atoms with Crippen LogP contribution in [-0.4, -0.2) is 93.4 Å². The van der Waals surface area contributed by atoms with E-state index >= 15 is 0 Å². The number of aromatic nitrogens is 2. The summed E-state index contributed by atoms with van der Waals surface area (Å²) in [6.07, 6.45) is 6.50. The van der Waals surface area contributed by atoms with E-state index in [9.17, 15) is 33.1 Å². The van der Waals surface area contributed by atoms with Gasteiger partial charge in [0.05, 0.1) is 24.9 Å². The van der Waals surface area contributed by atoms with E-state index in [1.807, 2.05) is 18.7 Å². The minimum absolute atomic E-state index is 0.0518. The van der Waals surface area contributed by atoms with Gasteiger partial charge < -0.3 is 30.5 Å². The molecule has 1 aromatic heterocycles. The smallest absolute Gasteiger partial charge is 0.253 e. The first-order chi connectivity index (χ1) is 24.9. The third kappa shape index (κ3) is 12.2. The maximum absolute atomic E-state index is 14.1. The Labute approximate surface area is 304 Å². The summed E-state index contributed by atoms with van der Waals surface area (Å²) in [5.41, 5.74) is 2.33. The van der Waals surface area contributed by atoms with Crippen molar-refractivity contribution in [3.63, 3.8) is 0 Å². The Bertz CT molecular complexity index is 1620. The molecule has 1 fully saturated rings. The molecule has 13 heteroatoms. The highest BCUT2D eigenvalue weighted by atomic mass is 19.1. The quantitative estimate of drug-likeness (QED) is 0.149. The number of aromatic amines is 1. The first-order valence-corrected chi connectivity index (χ1v) is 18.3. The van der Waals surface area contributed by atoms with E-state index in [2.05, 4.69) is 20.6 Å². The second kappa shape index (κ2) is 19.8. The van der Waals surface area contributed by atoms with E-state index in [1.54, 1.807) is 36.5 Å². The second-order valence-corrected chi connectivity index (χ2v) is 13.8. The summed E-state index contributed by atoms with van der Waals surface area (Å²) >= 11 is 0. The van der Waals surface area contributed by atoms with Gasteiger partial charge in [-0.25, -0.2) is 13.8 Å². The molecule has 4 N–H and O–H groups in total. The molecule has 2 heterocycles. The minimum Gasteiger partial charge on any atom is -0.391 e. The Balaban J connectivity index is 1.32. The molecule has 3 aromatic rings. The molecule has 2 atom stereocenters. The van der Waals surface area contributed by atoms with Crippen molar-refractivity contribution >= 4 is 23.6 Å². The molecule has 4 amide bonds. The first-order valence-electron chi connectivity index (χ1n) is 18.3. The number of H-pyrrole nitrogens is 1. The van der Waals surface area contributed by atoms with Crippen molar-refractivity contribution in [1.29, 1.82) is 0 Å². The molecule has 0 aliphatic carbocycles. The number of aryl methyl sites for hydroxylation is 1. The Morgan fingerprint density at radius 3 is 2.31 bits per heavy atom. The molecular weight excluding hydrogens is 670 g/mol. The van der Waals surface area contributed by atoms with E-state index < -0.39 is 29.7 Å². The number of imidazole rings is 1. The molecule has 0 saturated carbocycles. The summed E-state index contributed by atoms with van der Waals surface area (Å²) < 4.78 is 28.1. The number of nitrogens with one attached hydrogen (secondary N) is 3. The lowest BCUT2D eigenvalue weighted by molar-refractivity contribution is -0.132. The molecule has 0 bridgehead atoms. The number of benzene rings is 2. The topological polar surface area (TPSA) is 148 Å². The van der Waals surface area contributed by atoms with Crippen LogP contribution in [0.3, 0.4) is 0 Å². The normalized spacial score (nSPS) is 14.5. The van der Waals surface area contributed by atoms with E-state index in [0.29, 0.717) is 56.1 Å². The molecule has 11 nitrogen and oxygen atoms in total. The molecule has 4 rings (SSSR count). The van der Waals surface area contributed by atoms with Crippen LogP contribution < -0.4 is 10.6 Å². The fourth-order valence-electron chi connectivity index (χ4n) is 6.70. The van der Waals surface area contributed by atoms with Crippen LogP contribution in [0.1, 0.15) is 96.3 Å². The molecule has 282 valence electrons. The number of amides is 4. The van der Waals surface area contributed by atoms with Gasteiger partial charge >= 0.3 is 0 Å². The molecule has 2 aromatic carbocycles. The van der Waals surface area contributed by atoms with Gasteiger partial charge in [0.15, 0.2) is 0 Å². The van der Waals surface area contributed by atoms with Gasteiger partial charge in [-0.3, -0.25) is 19.2 Å². The van der Waals surface area contributed by atoms with Crippen LogP contribution in [0.5, 0.6) is 0 Å². The van der Waals surface area contributed by atoms with Gasteiger partial charge in [-0.2, -0.15) is 0 Å². The summed E-state index contributed by atoms with van der Waals surface area (Å²) in [7, 11) is 0. The lowest BCUT2D eigenvalue weighted by Gasteiger charge is -2.32. The van der Waals surface area contributed by atoms with E-state index in [4.69, 9.17) is 0 Å². The maximum atomic E-state index is 14.1. The molecule has 1 aliphatic rings. The zero-order chi connectivity index (χ0) is 37.6. The standard InChI is InChI=1S/C39H52F2N6O5/c1-4-12-47(13-5-2)39(52)30-17-26(3)16-29(21-30)38(51)45-34(20-28-18-31(40)22-32(41)19-28)35(48)8-11-43-36(49)7-6-27-9-14-46(15-10-27)37(50)23-33-24-42-25-44-33/h16-19,21-22,24-25,27,34-35,48H,4-15,20,23H2,1-3H3,(H,42,44)(H,43,49)(H,45,51)/t34-,35+/m1/s1. The lowest BCUT2D eigenvalue weighted by Crippen LogP contribution is -2.46. The van der Waals surface area contributed by atoms with Crippen LogP contribution in [-0.2, 0) is 22.4 Å². The number of aliphatic hydroxyl groups excluding tert-OH is 1. The SMILES string of the molecule is CCCN(CCC)C(=O)c1cc(C)cc(C(=O)N[C@H](Cc2cc(F)cc(F)c2)[C@@H](O)CCNC(=O)CCC2CCN(C(=O)Cc3cnc[nH]3)CC2)c1. The van der Waals surface area contributed by atoms with E-state index in [0.717, 1.165) is 49.6 Å². The molecule has 0 unspecified atom stereocenters. The summed E-state index contributed by atoms with van der Waals surface area (Å²) in [5.74, 6) is -2.08. The van der Waals surface area contributed by atoms with Gasteiger partial charge in [-0.1, -0.05) is 13.8 Å². The van der Waals surface area contributed by atoms with Gasteiger partial charge in [0.2, 0.25) is 11.8 Å². The molecule has 0 spiro atoms. The summed E-state index contributed by atoms with van der Waals surface area (Å²) in [4.78, 5) is 62.7. The Kier molecular flexibility index (Phi) is 15.3. The van der Waals surface area contributed by atoms with Gasteiger partial charge in [-0.15, -0.1) is 0 Å². The summed E-state index contributed by atoms with van der Waals surface area (Å²) in [5, 5.41) is 16.9. The van der Waals surface area contributed by atoms with Gasteiger partial charge in [0, 0.05) is 68.2 Å². The Morgan fingerprint density at radius 1 is 1.00 bits per heavy atom. The number of carbonyl (C=O) groups excluding carboxylic acids is 4. The number of hydrogen-bond acceptors (Lipinski definition) is 6. The van der Waals surface area contributed by atoms with Gasteiger partial charge in [-0.05, 0) is 99.2 Å². The number of likely N-dealkylation sites (tertiary alicyclic amines) is 1. The van der Waals surface area contributed by atoms with Gasteiger partial charge in [0.1, 0.15) is 11.6 Å². The van der Waals surface area contributed by atoms with Crippen molar-refractivity contribution in [3.05, 3.63) is 88.5 Å². The number of piperidine rings is 1. The number of aliphatic hydroxyl groups is 1. The van der Waals surface area contributed by atoms with Crippen LogP contribution >= 0.6 is 0 Å². The highest BCUT2D eigenvalue weighted by molar-refractivity contribution is 6.00. The van der Waals surface area contributed by atoms with Crippen molar-refractivity contribution in [2.24, 2.45) is 5.92 Å². The Morgan fingerprint density at radius 2 is 1.67 bits per heavy atom. The Hall–Kier alpha value is -4.65. The molecule has 1 aliphatic heterocycles. The van der Waals surface area contributed by atoms with Crippen molar-refractivity contribution in [1.82, 2.24) is 30.4 Å². The third-order valence-electron chi connectivity index (χ3n) is 9.43. The fraction of sp³-hybridized carbons (Fsp3) is 0.513. The average Bonchev–Trinajstić information content (AvgIpc) is 3.62. The monoisotopic (exact) mass is 722 g/mol. The van der Waals surface area contributed by atoms with Crippen LogP contribution in [0.2, 0.25) is 0 Å².